The van der Waals surface area contributed by atoms with Crippen molar-refractivity contribution in [3.8, 4) is 0 Å². The molecule has 1 atom stereocenters. The summed E-state index contributed by atoms with van der Waals surface area (Å²) in [6.45, 7) is 5.89. The minimum atomic E-state index is -0.387. The van der Waals surface area contributed by atoms with Crippen LogP contribution in [0.2, 0.25) is 0 Å². The number of hydrogen-bond acceptors (Lipinski definition) is 5. The van der Waals surface area contributed by atoms with Crippen LogP contribution in [0.1, 0.15) is 42.6 Å². The normalized spacial score (nSPS) is 20.5. The van der Waals surface area contributed by atoms with Gasteiger partial charge in [-0.2, -0.15) is 0 Å². The van der Waals surface area contributed by atoms with Gasteiger partial charge < -0.3 is 14.2 Å². The van der Waals surface area contributed by atoms with Gasteiger partial charge in [-0.1, -0.05) is 6.42 Å². The van der Waals surface area contributed by atoms with E-state index in [4.69, 9.17) is 4.74 Å². The molecule has 0 N–H and O–H groups in total. The molecule has 0 radical (unpaired) electrons. The molecule has 19 heavy (non-hydrogen) atoms. The monoisotopic (exact) mass is 266 g/mol. The minimum Gasteiger partial charge on any atom is -0.460 e. The highest BCUT2D eigenvalue weighted by Gasteiger charge is 2.24. The third kappa shape index (κ3) is 3.12. The first-order valence-electron chi connectivity index (χ1n) is 6.90. The predicted molar refractivity (Wildman–Crippen MR) is 71.0 cm³/mol. The molecule has 106 valence electrons. The fourth-order valence-corrected chi connectivity index (χ4v) is 2.53. The minimum absolute atomic E-state index is 0.318. The number of carbonyl (C=O) groups is 1. The molecule has 6 nitrogen and oxygen atoms in total. The molecule has 1 fully saturated rings. The number of ether oxygens (including phenoxy) is 1. The highest BCUT2D eigenvalue weighted by molar-refractivity contribution is 5.85. The third-order valence-corrected chi connectivity index (χ3v) is 3.71. The van der Waals surface area contributed by atoms with E-state index in [0.29, 0.717) is 18.5 Å². The van der Waals surface area contributed by atoms with Crippen LogP contribution < -0.4 is 0 Å². The number of likely N-dealkylation sites (N-methyl/N-ethyl adjacent to an activating group) is 1. The van der Waals surface area contributed by atoms with Crippen LogP contribution in [-0.2, 0) is 11.3 Å². The van der Waals surface area contributed by atoms with Gasteiger partial charge in [-0.3, -0.25) is 0 Å². The summed E-state index contributed by atoms with van der Waals surface area (Å²) >= 11 is 0. The first kappa shape index (κ1) is 14.0. The van der Waals surface area contributed by atoms with Crippen molar-refractivity contribution in [1.29, 1.82) is 0 Å². The van der Waals surface area contributed by atoms with E-state index in [1.165, 1.54) is 12.8 Å². The summed E-state index contributed by atoms with van der Waals surface area (Å²) in [5.74, 6) is 0.696. The summed E-state index contributed by atoms with van der Waals surface area (Å²) in [5.41, 5.74) is 0. The highest BCUT2D eigenvalue weighted by Crippen LogP contribution is 2.18. The van der Waals surface area contributed by atoms with Crippen LogP contribution in [0.15, 0.2) is 0 Å². The zero-order valence-electron chi connectivity index (χ0n) is 11.9. The smallest absolute Gasteiger partial charge is 0.376 e. The molecule has 0 bridgehead atoms. The number of carbonyl (C=O) groups excluding carboxylic acids is 1. The quantitative estimate of drug-likeness (QED) is 0.768. The van der Waals surface area contributed by atoms with Gasteiger partial charge in [-0.15, -0.1) is 10.2 Å². The van der Waals surface area contributed by atoms with E-state index < -0.39 is 0 Å². The number of aromatic nitrogens is 3. The number of likely N-dealkylation sites (tertiary alicyclic amines) is 1. The van der Waals surface area contributed by atoms with Crippen LogP contribution in [0.3, 0.4) is 0 Å². The Labute approximate surface area is 113 Å². The lowest BCUT2D eigenvalue weighted by molar-refractivity contribution is 0.0501. The molecule has 0 saturated carbocycles. The number of esters is 1. The van der Waals surface area contributed by atoms with Gasteiger partial charge in [0, 0.05) is 12.6 Å². The lowest BCUT2D eigenvalue weighted by atomic mass is 10.0. The number of hydrogen-bond donors (Lipinski definition) is 0. The van der Waals surface area contributed by atoms with Crippen molar-refractivity contribution in [2.75, 3.05) is 20.2 Å². The molecule has 1 unspecified atom stereocenters. The molecular formula is C13H22N4O2. The van der Waals surface area contributed by atoms with E-state index in [2.05, 4.69) is 22.1 Å². The first-order chi connectivity index (χ1) is 9.13. The molecule has 6 heteroatoms. The maximum absolute atomic E-state index is 11.8. The predicted octanol–water partition coefficient (Wildman–Crippen LogP) is 1.25. The van der Waals surface area contributed by atoms with Crippen molar-refractivity contribution >= 4 is 5.97 Å². The second kappa shape index (κ2) is 6.14. The van der Waals surface area contributed by atoms with E-state index in [-0.39, 0.29) is 5.97 Å². The fraction of sp³-hybridized carbons (Fsp3) is 0.769. The van der Waals surface area contributed by atoms with Crippen molar-refractivity contribution in [2.24, 2.45) is 0 Å². The van der Waals surface area contributed by atoms with Gasteiger partial charge in [-0.05, 0) is 40.3 Å². The zero-order chi connectivity index (χ0) is 13.8. The molecule has 2 rings (SSSR count). The molecule has 1 aliphatic heterocycles. The Morgan fingerprint density at radius 3 is 2.89 bits per heavy atom. The third-order valence-electron chi connectivity index (χ3n) is 3.71. The van der Waals surface area contributed by atoms with Crippen molar-refractivity contribution in [1.82, 2.24) is 19.7 Å². The molecule has 0 aliphatic carbocycles. The molecule has 1 aliphatic rings. The Morgan fingerprint density at radius 2 is 2.21 bits per heavy atom. The second-order valence-electron chi connectivity index (χ2n) is 5.03. The first-order valence-corrected chi connectivity index (χ1v) is 6.90. The van der Waals surface area contributed by atoms with Gasteiger partial charge in [0.25, 0.3) is 0 Å². The van der Waals surface area contributed by atoms with E-state index in [1.807, 2.05) is 11.5 Å². The molecule has 2 heterocycles. The fourth-order valence-electron chi connectivity index (χ4n) is 2.53. The number of nitrogens with zero attached hydrogens (tertiary/aromatic N) is 4. The molecule has 0 spiro atoms. The van der Waals surface area contributed by atoms with Crippen LogP contribution in [0, 0.1) is 6.92 Å². The second-order valence-corrected chi connectivity index (χ2v) is 5.03. The summed E-state index contributed by atoms with van der Waals surface area (Å²) in [7, 11) is 2.13. The van der Waals surface area contributed by atoms with Gasteiger partial charge >= 0.3 is 5.97 Å². The Bertz CT molecular complexity index is 444. The molecule has 0 amide bonds. The lowest BCUT2D eigenvalue weighted by Gasteiger charge is -2.32. The van der Waals surface area contributed by atoms with Crippen molar-refractivity contribution < 1.29 is 9.53 Å². The van der Waals surface area contributed by atoms with Gasteiger partial charge in [0.1, 0.15) is 5.82 Å². The van der Waals surface area contributed by atoms with Crippen LogP contribution in [0.4, 0.5) is 0 Å². The van der Waals surface area contributed by atoms with Gasteiger partial charge in [0.2, 0.25) is 5.82 Å². The van der Waals surface area contributed by atoms with E-state index in [9.17, 15) is 4.79 Å². The summed E-state index contributed by atoms with van der Waals surface area (Å²) in [4.78, 5) is 14.2. The largest absolute Gasteiger partial charge is 0.460 e. The summed E-state index contributed by atoms with van der Waals surface area (Å²) in [6, 6.07) is 0.441. The van der Waals surface area contributed by atoms with E-state index >= 15 is 0 Å². The van der Waals surface area contributed by atoms with Crippen molar-refractivity contribution in [3.63, 3.8) is 0 Å². The van der Waals surface area contributed by atoms with E-state index in [0.717, 1.165) is 25.3 Å². The average molecular weight is 266 g/mol. The number of rotatable bonds is 4. The molecule has 1 aromatic heterocycles. The van der Waals surface area contributed by atoms with Crippen molar-refractivity contribution in [3.05, 3.63) is 11.6 Å². The maximum Gasteiger partial charge on any atom is 0.376 e. The van der Waals surface area contributed by atoms with E-state index in [1.54, 1.807) is 6.92 Å². The topological polar surface area (TPSA) is 60.2 Å². The Balaban J connectivity index is 2.14. The molecule has 0 aromatic carbocycles. The highest BCUT2D eigenvalue weighted by atomic mass is 16.5. The zero-order valence-corrected chi connectivity index (χ0v) is 11.9. The Morgan fingerprint density at radius 1 is 1.42 bits per heavy atom. The SMILES string of the molecule is CCOC(=O)c1nnc(C)n1CC1CCCCN1C. The van der Waals surface area contributed by atoms with Crippen LogP contribution in [-0.4, -0.2) is 51.9 Å². The Hall–Kier alpha value is -1.43. The van der Waals surface area contributed by atoms with Gasteiger partial charge in [0.15, 0.2) is 0 Å². The summed E-state index contributed by atoms with van der Waals surface area (Å²) < 4.78 is 6.90. The molecular weight excluding hydrogens is 244 g/mol. The molecule has 1 aromatic rings. The molecule has 1 saturated heterocycles. The summed E-state index contributed by atoms with van der Waals surface area (Å²) in [5, 5.41) is 7.95. The van der Waals surface area contributed by atoms with Gasteiger partial charge in [0.05, 0.1) is 6.61 Å². The number of aryl methyl sites for hydroxylation is 1. The van der Waals surface area contributed by atoms with Gasteiger partial charge in [-0.25, -0.2) is 4.79 Å². The average Bonchev–Trinajstić information content (AvgIpc) is 2.74. The van der Waals surface area contributed by atoms with Crippen LogP contribution >= 0.6 is 0 Å². The standard InChI is InChI=1S/C13H22N4O2/c1-4-19-13(18)12-15-14-10(2)17(12)9-11-7-5-6-8-16(11)3/h11H,4-9H2,1-3H3. The van der Waals surface area contributed by atoms with Crippen LogP contribution in [0.25, 0.3) is 0 Å². The van der Waals surface area contributed by atoms with Crippen LogP contribution in [0.5, 0.6) is 0 Å². The number of piperidine rings is 1. The summed E-state index contributed by atoms with van der Waals surface area (Å²) in [6.07, 6.45) is 3.64. The van der Waals surface area contributed by atoms with Crippen molar-refractivity contribution in [2.45, 2.75) is 45.7 Å². The Kier molecular flexibility index (Phi) is 4.52. The lowest BCUT2D eigenvalue weighted by Crippen LogP contribution is -2.39. The maximum atomic E-state index is 11.8.